The lowest BCUT2D eigenvalue weighted by Crippen LogP contribution is -2.39. The number of benzene rings is 2. The zero-order chi connectivity index (χ0) is 25.3. The van der Waals surface area contributed by atoms with Crippen molar-refractivity contribution in [1.29, 1.82) is 0 Å². The van der Waals surface area contributed by atoms with Gasteiger partial charge in [0.05, 0.1) is 34.5 Å². The molecule has 0 N–H and O–H groups in total. The van der Waals surface area contributed by atoms with Crippen molar-refractivity contribution >= 4 is 56.8 Å². The van der Waals surface area contributed by atoms with Gasteiger partial charge in [-0.05, 0) is 42.8 Å². The zero-order valence-electron chi connectivity index (χ0n) is 21.4. The van der Waals surface area contributed by atoms with Crippen LogP contribution < -0.4 is 19.1 Å². The number of rotatable bonds is 12. The van der Waals surface area contributed by atoms with E-state index in [9.17, 15) is 4.79 Å². The van der Waals surface area contributed by atoms with Crippen LogP contribution in [0.5, 0.6) is 17.2 Å². The van der Waals surface area contributed by atoms with E-state index in [1.54, 1.807) is 33.1 Å². The van der Waals surface area contributed by atoms with Crippen LogP contribution in [0.4, 0.5) is 5.13 Å². The topological polar surface area (TPSA) is 73.4 Å². The summed E-state index contributed by atoms with van der Waals surface area (Å²) in [6, 6.07) is 11.6. The van der Waals surface area contributed by atoms with Crippen LogP contribution in [-0.2, 0) is 9.53 Å². The number of thiazole rings is 1. The van der Waals surface area contributed by atoms with Crippen LogP contribution in [0.25, 0.3) is 10.2 Å². The first-order valence-corrected chi connectivity index (χ1v) is 13.8. The monoisotopic (exact) mass is 567 g/mol. The number of thioether (sulfide) groups is 1. The molecule has 2 aromatic carbocycles. The Kier molecular flexibility index (Phi) is 11.6. The summed E-state index contributed by atoms with van der Waals surface area (Å²) >= 11 is 3.13. The molecule has 4 rings (SSSR count). The maximum absolute atomic E-state index is 13.5. The summed E-state index contributed by atoms with van der Waals surface area (Å²) in [6.45, 7) is 4.93. The average molecular weight is 568 g/mol. The summed E-state index contributed by atoms with van der Waals surface area (Å²) in [7, 11) is 4.92. The number of anilines is 1. The average Bonchev–Trinajstić information content (AvgIpc) is 3.36. The molecule has 3 aromatic rings. The SMILES string of the molecule is COc1ccc(SCCC(=O)N(CCCN2CCOCC2)c2nc3c(OC)ccc(OC)c3s2)cc1.Cl. The van der Waals surface area contributed by atoms with E-state index in [0.717, 1.165) is 65.9 Å². The Bertz CT molecular complexity index is 1100. The van der Waals surface area contributed by atoms with E-state index in [0.29, 0.717) is 29.6 Å². The third-order valence-corrected chi connectivity index (χ3v) is 8.14. The fourth-order valence-electron chi connectivity index (χ4n) is 4.06. The van der Waals surface area contributed by atoms with Crippen molar-refractivity contribution in [3.05, 3.63) is 36.4 Å². The lowest BCUT2D eigenvalue weighted by molar-refractivity contribution is -0.118. The highest BCUT2D eigenvalue weighted by atomic mass is 35.5. The van der Waals surface area contributed by atoms with Gasteiger partial charge in [0.1, 0.15) is 27.5 Å². The first-order valence-electron chi connectivity index (χ1n) is 12.0. The maximum Gasteiger partial charge on any atom is 0.229 e. The van der Waals surface area contributed by atoms with Crippen LogP contribution in [0.3, 0.4) is 0 Å². The molecule has 8 nitrogen and oxygen atoms in total. The molecule has 1 amide bonds. The van der Waals surface area contributed by atoms with Gasteiger partial charge in [0, 0.05) is 43.2 Å². The molecule has 0 saturated carbocycles. The number of halogens is 1. The van der Waals surface area contributed by atoms with Gasteiger partial charge in [-0.1, -0.05) is 11.3 Å². The van der Waals surface area contributed by atoms with Gasteiger partial charge < -0.3 is 18.9 Å². The number of hydrogen-bond acceptors (Lipinski definition) is 9. The molecular weight excluding hydrogens is 534 g/mol. The first-order chi connectivity index (χ1) is 17.6. The molecule has 11 heteroatoms. The fraction of sp³-hybridized carbons (Fsp3) is 0.462. The molecule has 0 unspecified atom stereocenters. The number of amides is 1. The van der Waals surface area contributed by atoms with Gasteiger partial charge >= 0.3 is 0 Å². The number of ether oxygens (including phenoxy) is 4. The van der Waals surface area contributed by atoms with Crippen molar-refractivity contribution in [3.8, 4) is 17.2 Å². The fourth-order valence-corrected chi connectivity index (χ4v) is 6.02. The van der Waals surface area contributed by atoms with Gasteiger partial charge in [0.25, 0.3) is 0 Å². The minimum atomic E-state index is 0. The van der Waals surface area contributed by atoms with Gasteiger partial charge in [0.15, 0.2) is 5.13 Å². The second-order valence-corrected chi connectivity index (χ2v) is 10.4. The van der Waals surface area contributed by atoms with Crippen LogP contribution in [0.1, 0.15) is 12.8 Å². The summed E-state index contributed by atoms with van der Waals surface area (Å²) < 4.78 is 22.6. The highest BCUT2D eigenvalue weighted by molar-refractivity contribution is 7.99. The van der Waals surface area contributed by atoms with Crippen molar-refractivity contribution in [2.45, 2.75) is 17.7 Å². The Balaban J connectivity index is 0.00000380. The molecule has 2 heterocycles. The van der Waals surface area contributed by atoms with Gasteiger partial charge in [-0.3, -0.25) is 14.6 Å². The molecule has 0 atom stereocenters. The Morgan fingerprint density at radius 1 is 1.05 bits per heavy atom. The van der Waals surface area contributed by atoms with E-state index in [2.05, 4.69) is 4.90 Å². The van der Waals surface area contributed by atoms with Gasteiger partial charge in [0.2, 0.25) is 5.91 Å². The maximum atomic E-state index is 13.5. The third kappa shape index (κ3) is 7.64. The van der Waals surface area contributed by atoms with E-state index in [1.165, 1.54) is 11.3 Å². The normalized spacial score (nSPS) is 13.7. The van der Waals surface area contributed by atoms with Crippen LogP contribution in [0, 0.1) is 0 Å². The number of fused-ring (bicyclic) bond motifs is 1. The van der Waals surface area contributed by atoms with E-state index < -0.39 is 0 Å². The third-order valence-electron chi connectivity index (χ3n) is 6.03. The number of carbonyl (C=O) groups excluding carboxylic acids is 1. The molecule has 0 bridgehead atoms. The molecule has 1 fully saturated rings. The highest BCUT2D eigenvalue weighted by Crippen LogP contribution is 2.40. The van der Waals surface area contributed by atoms with Crippen LogP contribution in [0.2, 0.25) is 0 Å². The minimum absolute atomic E-state index is 0. The van der Waals surface area contributed by atoms with Crippen molar-refractivity contribution in [2.24, 2.45) is 0 Å². The Labute approximate surface area is 232 Å². The largest absolute Gasteiger partial charge is 0.497 e. The molecule has 0 spiro atoms. The van der Waals surface area contributed by atoms with E-state index in [-0.39, 0.29) is 18.3 Å². The molecule has 1 aromatic heterocycles. The van der Waals surface area contributed by atoms with E-state index in [1.807, 2.05) is 41.3 Å². The molecule has 37 heavy (non-hydrogen) atoms. The Hall–Kier alpha value is -2.24. The number of carbonyl (C=O) groups is 1. The summed E-state index contributed by atoms with van der Waals surface area (Å²) in [6.07, 6.45) is 1.28. The lowest BCUT2D eigenvalue weighted by Gasteiger charge is -2.27. The second kappa shape index (κ2) is 14.6. The van der Waals surface area contributed by atoms with Crippen molar-refractivity contribution < 1.29 is 23.7 Å². The predicted molar refractivity (Wildman–Crippen MR) is 153 cm³/mol. The van der Waals surface area contributed by atoms with Crippen LogP contribution in [0.15, 0.2) is 41.3 Å². The highest BCUT2D eigenvalue weighted by Gasteiger charge is 2.23. The van der Waals surface area contributed by atoms with Gasteiger partial charge in [-0.2, -0.15) is 0 Å². The summed E-state index contributed by atoms with van der Waals surface area (Å²) in [5.41, 5.74) is 0.718. The number of morpholine rings is 1. The summed E-state index contributed by atoms with van der Waals surface area (Å²) in [5, 5.41) is 0.675. The van der Waals surface area contributed by atoms with Crippen molar-refractivity contribution in [1.82, 2.24) is 9.88 Å². The molecular formula is C26H34ClN3O5S2. The van der Waals surface area contributed by atoms with E-state index in [4.69, 9.17) is 23.9 Å². The Morgan fingerprint density at radius 3 is 2.43 bits per heavy atom. The van der Waals surface area contributed by atoms with Gasteiger partial charge in [-0.25, -0.2) is 4.98 Å². The minimum Gasteiger partial charge on any atom is -0.497 e. The number of methoxy groups -OCH3 is 3. The molecule has 0 aliphatic carbocycles. The number of nitrogens with zero attached hydrogens (tertiary/aromatic N) is 3. The zero-order valence-corrected chi connectivity index (χ0v) is 23.9. The molecule has 202 valence electrons. The molecule has 1 aliphatic heterocycles. The molecule has 0 radical (unpaired) electrons. The number of hydrogen-bond donors (Lipinski definition) is 0. The van der Waals surface area contributed by atoms with Crippen LogP contribution in [-0.4, -0.2) is 82.3 Å². The Morgan fingerprint density at radius 2 is 1.76 bits per heavy atom. The molecule has 1 aliphatic rings. The number of aromatic nitrogens is 1. The summed E-state index contributed by atoms with van der Waals surface area (Å²) in [5.74, 6) is 2.97. The summed E-state index contributed by atoms with van der Waals surface area (Å²) in [4.78, 5) is 23.6. The van der Waals surface area contributed by atoms with E-state index >= 15 is 0 Å². The standard InChI is InChI=1S/C26H33N3O5S2.ClH/c1-31-19-5-7-20(8-6-19)35-18-11-23(30)29(13-4-12-28-14-16-34-17-15-28)26-27-24-21(32-2)9-10-22(33-3)25(24)36-26;/h5-10H,4,11-18H2,1-3H3;1H. The van der Waals surface area contributed by atoms with Gasteiger partial charge in [-0.15, -0.1) is 24.2 Å². The van der Waals surface area contributed by atoms with Crippen LogP contribution >= 0.6 is 35.5 Å². The predicted octanol–water partition coefficient (Wildman–Crippen LogP) is 4.98. The van der Waals surface area contributed by atoms with Crippen molar-refractivity contribution in [3.63, 3.8) is 0 Å². The lowest BCUT2D eigenvalue weighted by atomic mass is 10.3. The first kappa shape index (κ1) is 29.3. The van der Waals surface area contributed by atoms with Crippen molar-refractivity contribution in [2.75, 3.05) is 71.4 Å². The smallest absolute Gasteiger partial charge is 0.229 e. The molecule has 1 saturated heterocycles. The second-order valence-electron chi connectivity index (χ2n) is 8.27. The quantitative estimate of drug-likeness (QED) is 0.284.